The Labute approximate surface area is 136 Å². The first-order valence-electron chi connectivity index (χ1n) is 6.82. The summed E-state index contributed by atoms with van der Waals surface area (Å²) in [5.41, 5.74) is 1.48. The topological polar surface area (TPSA) is 62.3 Å². The highest BCUT2D eigenvalue weighted by molar-refractivity contribution is 7.99. The Hall–Kier alpha value is -1.86. The molecule has 2 amide bonds. The van der Waals surface area contributed by atoms with Crippen molar-refractivity contribution < 1.29 is 9.59 Å². The van der Waals surface area contributed by atoms with Crippen LogP contribution in [0.3, 0.4) is 0 Å². The summed E-state index contributed by atoms with van der Waals surface area (Å²) in [7, 11) is 0. The van der Waals surface area contributed by atoms with Crippen LogP contribution in [0, 0.1) is 6.92 Å². The number of nitrogens with one attached hydrogen (secondary N) is 1. The molecule has 2 heterocycles. The second kappa shape index (κ2) is 6.50. The molecule has 114 valence electrons. The maximum atomic E-state index is 12.5. The van der Waals surface area contributed by atoms with Gasteiger partial charge in [0.15, 0.2) is 5.13 Å². The van der Waals surface area contributed by atoms with Crippen molar-refractivity contribution in [2.75, 3.05) is 16.9 Å². The summed E-state index contributed by atoms with van der Waals surface area (Å²) in [6.45, 7) is 1.88. The summed E-state index contributed by atoms with van der Waals surface area (Å²) in [5, 5.41) is 5.26. The van der Waals surface area contributed by atoms with E-state index >= 15 is 0 Å². The fourth-order valence-corrected chi connectivity index (χ4v) is 4.05. The number of thioether (sulfide) groups is 1. The van der Waals surface area contributed by atoms with E-state index in [4.69, 9.17) is 0 Å². The van der Waals surface area contributed by atoms with Crippen molar-refractivity contribution in [3.8, 4) is 0 Å². The Kier molecular flexibility index (Phi) is 4.44. The van der Waals surface area contributed by atoms with Crippen LogP contribution in [0.1, 0.15) is 16.1 Å². The minimum Gasteiger partial charge on any atom is -0.316 e. The van der Waals surface area contributed by atoms with E-state index in [0.29, 0.717) is 22.3 Å². The highest BCUT2D eigenvalue weighted by atomic mass is 32.2. The number of amides is 2. The van der Waals surface area contributed by atoms with E-state index in [1.165, 1.54) is 11.3 Å². The summed E-state index contributed by atoms with van der Waals surface area (Å²) >= 11 is 2.97. The number of carbonyl (C=O) groups excluding carboxylic acids is 2. The standard InChI is InChI=1S/C15H15N3O2S2/c1-10-7-22-15(16-10)17-13(19)12-8-21-9-18(12)14(20)11-5-3-2-4-6-11/h2-7,12H,8-9H2,1H3,(H,16,17,19). The molecule has 0 radical (unpaired) electrons. The zero-order chi connectivity index (χ0) is 15.5. The molecule has 0 saturated carbocycles. The van der Waals surface area contributed by atoms with E-state index in [1.807, 2.05) is 30.5 Å². The first-order valence-corrected chi connectivity index (χ1v) is 8.85. The van der Waals surface area contributed by atoms with Crippen molar-refractivity contribution in [2.24, 2.45) is 0 Å². The monoisotopic (exact) mass is 333 g/mol. The summed E-state index contributed by atoms with van der Waals surface area (Å²) in [5.74, 6) is 0.849. The SMILES string of the molecule is Cc1csc(NC(=O)C2CSCN2C(=O)c2ccccc2)n1. The van der Waals surface area contributed by atoms with Crippen molar-refractivity contribution in [1.82, 2.24) is 9.88 Å². The molecule has 1 atom stereocenters. The Morgan fingerprint density at radius 1 is 1.32 bits per heavy atom. The molecule has 2 aromatic rings. The molecule has 0 spiro atoms. The third kappa shape index (κ3) is 3.15. The van der Waals surface area contributed by atoms with Crippen molar-refractivity contribution in [1.29, 1.82) is 0 Å². The Morgan fingerprint density at radius 2 is 2.09 bits per heavy atom. The maximum absolute atomic E-state index is 12.5. The lowest BCUT2D eigenvalue weighted by Gasteiger charge is -2.22. The molecule has 0 aliphatic carbocycles. The minimum absolute atomic E-state index is 0.110. The van der Waals surface area contributed by atoms with Crippen LogP contribution in [0.2, 0.25) is 0 Å². The van der Waals surface area contributed by atoms with E-state index in [0.717, 1.165) is 5.69 Å². The van der Waals surface area contributed by atoms with Crippen molar-refractivity contribution >= 4 is 40.0 Å². The van der Waals surface area contributed by atoms with Crippen LogP contribution >= 0.6 is 23.1 Å². The summed E-state index contributed by atoms with van der Waals surface area (Å²) < 4.78 is 0. The average Bonchev–Trinajstić information content (AvgIpc) is 3.16. The Balaban J connectivity index is 1.72. The number of anilines is 1. The molecule has 1 aromatic heterocycles. The van der Waals surface area contributed by atoms with Crippen LogP contribution in [-0.4, -0.2) is 39.4 Å². The number of thiazole rings is 1. The van der Waals surface area contributed by atoms with E-state index in [9.17, 15) is 9.59 Å². The molecule has 1 unspecified atom stereocenters. The third-order valence-corrected chi connectivity index (χ3v) is 5.20. The second-order valence-corrected chi connectivity index (χ2v) is 6.80. The molecule has 1 N–H and O–H groups in total. The van der Waals surface area contributed by atoms with Gasteiger partial charge in [-0.05, 0) is 19.1 Å². The van der Waals surface area contributed by atoms with E-state index in [1.54, 1.807) is 28.8 Å². The lowest BCUT2D eigenvalue weighted by molar-refractivity contribution is -0.119. The van der Waals surface area contributed by atoms with Gasteiger partial charge in [-0.2, -0.15) is 0 Å². The maximum Gasteiger partial charge on any atom is 0.255 e. The number of aryl methyl sites for hydroxylation is 1. The van der Waals surface area contributed by atoms with Gasteiger partial charge in [0.25, 0.3) is 5.91 Å². The number of aromatic nitrogens is 1. The molecule has 5 nitrogen and oxygen atoms in total. The van der Waals surface area contributed by atoms with Crippen LogP contribution < -0.4 is 5.32 Å². The van der Waals surface area contributed by atoms with Gasteiger partial charge in [0.05, 0.1) is 11.6 Å². The average molecular weight is 333 g/mol. The number of hydrogen-bond donors (Lipinski definition) is 1. The number of nitrogens with zero attached hydrogens (tertiary/aromatic N) is 2. The molecule has 1 fully saturated rings. The fourth-order valence-electron chi connectivity index (χ4n) is 2.21. The zero-order valence-electron chi connectivity index (χ0n) is 12.0. The lowest BCUT2D eigenvalue weighted by Crippen LogP contribution is -2.44. The summed E-state index contributed by atoms with van der Waals surface area (Å²) in [4.78, 5) is 30.8. The first kappa shape index (κ1) is 15.1. The third-order valence-electron chi connectivity index (χ3n) is 3.32. The van der Waals surface area contributed by atoms with Gasteiger partial charge in [-0.25, -0.2) is 4.98 Å². The number of hydrogen-bond acceptors (Lipinski definition) is 5. The van der Waals surface area contributed by atoms with E-state index in [2.05, 4.69) is 10.3 Å². The van der Waals surface area contributed by atoms with Crippen LogP contribution in [0.5, 0.6) is 0 Å². The predicted molar refractivity (Wildman–Crippen MR) is 89.2 cm³/mol. The summed E-state index contributed by atoms with van der Waals surface area (Å²) in [6.07, 6.45) is 0. The molecule has 1 aromatic carbocycles. The minimum atomic E-state index is -0.457. The van der Waals surface area contributed by atoms with Crippen LogP contribution in [0.25, 0.3) is 0 Å². The molecule has 1 aliphatic heterocycles. The molecule has 1 aliphatic rings. The molecule has 0 bridgehead atoms. The molecule has 3 rings (SSSR count). The first-order chi connectivity index (χ1) is 10.6. The largest absolute Gasteiger partial charge is 0.316 e. The van der Waals surface area contributed by atoms with Gasteiger partial charge in [-0.15, -0.1) is 23.1 Å². The van der Waals surface area contributed by atoms with Gasteiger partial charge < -0.3 is 10.2 Å². The van der Waals surface area contributed by atoms with Crippen molar-refractivity contribution in [2.45, 2.75) is 13.0 Å². The molecular weight excluding hydrogens is 318 g/mol. The fraction of sp³-hybridized carbons (Fsp3) is 0.267. The van der Waals surface area contributed by atoms with E-state index < -0.39 is 6.04 Å². The highest BCUT2D eigenvalue weighted by Crippen LogP contribution is 2.25. The Morgan fingerprint density at radius 3 is 2.77 bits per heavy atom. The summed E-state index contributed by atoms with van der Waals surface area (Å²) in [6, 6.07) is 8.59. The van der Waals surface area contributed by atoms with Gasteiger partial charge in [-0.3, -0.25) is 9.59 Å². The van der Waals surface area contributed by atoms with Crippen molar-refractivity contribution in [3.05, 3.63) is 47.0 Å². The van der Waals surface area contributed by atoms with Crippen LogP contribution in [-0.2, 0) is 4.79 Å². The van der Waals surface area contributed by atoms with Crippen molar-refractivity contribution in [3.63, 3.8) is 0 Å². The molecule has 22 heavy (non-hydrogen) atoms. The lowest BCUT2D eigenvalue weighted by atomic mass is 10.1. The quantitative estimate of drug-likeness (QED) is 0.938. The number of carbonyl (C=O) groups is 2. The van der Waals surface area contributed by atoms with Gasteiger partial charge in [0.1, 0.15) is 6.04 Å². The smallest absolute Gasteiger partial charge is 0.255 e. The normalized spacial score (nSPS) is 17.5. The number of benzene rings is 1. The highest BCUT2D eigenvalue weighted by Gasteiger charge is 2.35. The zero-order valence-corrected chi connectivity index (χ0v) is 13.6. The van der Waals surface area contributed by atoms with Gasteiger partial charge in [-0.1, -0.05) is 18.2 Å². The molecular formula is C15H15N3O2S2. The number of rotatable bonds is 3. The van der Waals surface area contributed by atoms with E-state index in [-0.39, 0.29) is 11.8 Å². The molecule has 7 heteroatoms. The van der Waals surface area contributed by atoms with Crippen LogP contribution in [0.4, 0.5) is 5.13 Å². The van der Waals surface area contributed by atoms with Gasteiger partial charge in [0, 0.05) is 16.7 Å². The Bertz CT molecular complexity index is 687. The van der Waals surface area contributed by atoms with Crippen LogP contribution in [0.15, 0.2) is 35.7 Å². The second-order valence-electron chi connectivity index (χ2n) is 4.94. The predicted octanol–water partition coefficient (Wildman–Crippen LogP) is 2.61. The van der Waals surface area contributed by atoms with Gasteiger partial charge >= 0.3 is 0 Å². The van der Waals surface area contributed by atoms with Gasteiger partial charge in [0.2, 0.25) is 5.91 Å². The molecule has 1 saturated heterocycles.